The van der Waals surface area contributed by atoms with E-state index in [2.05, 4.69) is 12.1 Å². The standard InChI is InChI=1S/C25H23NO3/c1-26(2)16-21-23(17-8-5-4-6-9-17)20-10-7-11-22(24(20)25(21)27)29-19-14-12-18(28-3)13-15-19/h4-16,23H,1-3H3/b21-16-/t23-/m1/s1. The van der Waals surface area contributed by atoms with Crippen molar-refractivity contribution in [1.82, 2.24) is 4.90 Å². The average molecular weight is 385 g/mol. The van der Waals surface area contributed by atoms with Crippen molar-refractivity contribution in [3.63, 3.8) is 0 Å². The van der Waals surface area contributed by atoms with E-state index >= 15 is 0 Å². The van der Waals surface area contributed by atoms with Gasteiger partial charge in [-0.15, -0.1) is 0 Å². The summed E-state index contributed by atoms with van der Waals surface area (Å²) in [4.78, 5) is 15.3. The van der Waals surface area contributed by atoms with Gasteiger partial charge in [-0.25, -0.2) is 0 Å². The van der Waals surface area contributed by atoms with Crippen molar-refractivity contribution in [1.29, 1.82) is 0 Å². The summed E-state index contributed by atoms with van der Waals surface area (Å²) in [7, 11) is 5.49. The highest BCUT2D eigenvalue weighted by molar-refractivity contribution is 6.16. The normalized spacial score (nSPS) is 16.6. The maximum absolute atomic E-state index is 13.4. The Hall–Kier alpha value is -3.53. The van der Waals surface area contributed by atoms with Gasteiger partial charge in [-0.1, -0.05) is 42.5 Å². The number of carbonyl (C=O) groups excluding carboxylic acids is 1. The lowest BCUT2D eigenvalue weighted by Crippen LogP contribution is -2.09. The van der Waals surface area contributed by atoms with Gasteiger partial charge in [0.15, 0.2) is 5.78 Å². The van der Waals surface area contributed by atoms with Crippen LogP contribution in [0.5, 0.6) is 17.2 Å². The van der Waals surface area contributed by atoms with Gasteiger partial charge in [0.1, 0.15) is 17.2 Å². The van der Waals surface area contributed by atoms with E-state index in [1.807, 2.05) is 85.9 Å². The van der Waals surface area contributed by atoms with E-state index in [9.17, 15) is 4.79 Å². The van der Waals surface area contributed by atoms with Crippen molar-refractivity contribution in [2.24, 2.45) is 0 Å². The fourth-order valence-electron chi connectivity index (χ4n) is 3.75. The van der Waals surface area contributed by atoms with Crippen LogP contribution in [0.4, 0.5) is 0 Å². The minimum absolute atomic E-state index is 0.00617. The first-order valence-corrected chi connectivity index (χ1v) is 9.51. The third-order valence-electron chi connectivity index (χ3n) is 4.99. The molecule has 0 amide bonds. The number of hydrogen-bond donors (Lipinski definition) is 0. The van der Waals surface area contributed by atoms with Crippen molar-refractivity contribution < 1.29 is 14.3 Å². The molecule has 29 heavy (non-hydrogen) atoms. The van der Waals surface area contributed by atoms with E-state index in [-0.39, 0.29) is 11.7 Å². The van der Waals surface area contributed by atoms with Crippen molar-refractivity contribution in [2.75, 3.05) is 21.2 Å². The van der Waals surface area contributed by atoms with Gasteiger partial charge in [-0.3, -0.25) is 4.79 Å². The molecular weight excluding hydrogens is 362 g/mol. The monoisotopic (exact) mass is 385 g/mol. The number of benzene rings is 3. The first-order valence-electron chi connectivity index (χ1n) is 9.51. The lowest BCUT2D eigenvalue weighted by atomic mass is 9.90. The lowest BCUT2D eigenvalue weighted by molar-refractivity contribution is 0.103. The molecule has 0 N–H and O–H groups in total. The summed E-state index contributed by atoms with van der Waals surface area (Å²) in [6, 6.07) is 23.3. The first-order chi connectivity index (χ1) is 14.1. The van der Waals surface area contributed by atoms with Crippen LogP contribution in [0.3, 0.4) is 0 Å². The summed E-state index contributed by atoms with van der Waals surface area (Å²) >= 11 is 0. The fourth-order valence-corrected chi connectivity index (χ4v) is 3.75. The second-order valence-electron chi connectivity index (χ2n) is 7.22. The predicted molar refractivity (Wildman–Crippen MR) is 114 cm³/mol. The summed E-state index contributed by atoms with van der Waals surface area (Å²) < 4.78 is 11.3. The molecule has 3 aromatic rings. The molecule has 4 rings (SSSR count). The maximum Gasteiger partial charge on any atom is 0.195 e. The second-order valence-corrected chi connectivity index (χ2v) is 7.22. The van der Waals surface area contributed by atoms with Crippen LogP contribution >= 0.6 is 0 Å². The number of rotatable bonds is 5. The summed E-state index contributed by atoms with van der Waals surface area (Å²) in [5.74, 6) is 1.88. The molecule has 0 bridgehead atoms. The molecule has 0 unspecified atom stereocenters. The van der Waals surface area contributed by atoms with Crippen LogP contribution in [0.25, 0.3) is 0 Å². The highest BCUT2D eigenvalue weighted by atomic mass is 16.5. The quantitative estimate of drug-likeness (QED) is 0.562. The number of nitrogens with zero attached hydrogens (tertiary/aromatic N) is 1. The summed E-state index contributed by atoms with van der Waals surface area (Å²) in [6.07, 6.45) is 1.91. The average Bonchev–Trinajstić information content (AvgIpc) is 3.01. The number of Topliss-reactive ketones (excluding diaryl/α,β-unsaturated/α-hetero) is 1. The fraction of sp³-hybridized carbons (Fsp3) is 0.160. The van der Waals surface area contributed by atoms with E-state index in [1.54, 1.807) is 7.11 Å². The molecule has 3 aromatic carbocycles. The van der Waals surface area contributed by atoms with Crippen LogP contribution in [-0.2, 0) is 0 Å². The molecule has 0 saturated heterocycles. The Morgan fingerprint density at radius 2 is 1.55 bits per heavy atom. The van der Waals surface area contributed by atoms with Crippen LogP contribution in [0.1, 0.15) is 27.4 Å². The Bertz CT molecular complexity index is 1050. The number of allylic oxidation sites excluding steroid dienone is 1. The third kappa shape index (κ3) is 3.61. The van der Waals surface area contributed by atoms with Crippen molar-refractivity contribution in [3.05, 3.63) is 101 Å². The Labute approximate surface area is 171 Å². The maximum atomic E-state index is 13.4. The molecule has 0 aliphatic heterocycles. The van der Waals surface area contributed by atoms with E-state index < -0.39 is 0 Å². The second kappa shape index (κ2) is 7.84. The van der Waals surface area contributed by atoms with E-state index in [4.69, 9.17) is 9.47 Å². The van der Waals surface area contributed by atoms with Crippen molar-refractivity contribution in [2.45, 2.75) is 5.92 Å². The number of ketones is 1. The number of fused-ring (bicyclic) bond motifs is 1. The van der Waals surface area contributed by atoms with Gasteiger partial charge in [0.2, 0.25) is 0 Å². The molecule has 0 spiro atoms. The zero-order valence-corrected chi connectivity index (χ0v) is 16.8. The smallest absolute Gasteiger partial charge is 0.195 e. The Kier molecular flexibility index (Phi) is 5.09. The lowest BCUT2D eigenvalue weighted by Gasteiger charge is -2.16. The Morgan fingerprint density at radius 3 is 2.21 bits per heavy atom. The molecule has 1 aliphatic rings. The van der Waals surface area contributed by atoms with Crippen LogP contribution in [0.2, 0.25) is 0 Å². The van der Waals surface area contributed by atoms with E-state index in [0.29, 0.717) is 17.1 Å². The van der Waals surface area contributed by atoms with Gasteiger partial charge in [0, 0.05) is 31.8 Å². The van der Waals surface area contributed by atoms with E-state index in [1.165, 1.54) is 0 Å². The molecule has 0 fully saturated rings. The number of methoxy groups -OCH3 is 1. The zero-order valence-electron chi connectivity index (χ0n) is 16.8. The van der Waals surface area contributed by atoms with Gasteiger partial charge in [-0.05, 0) is 41.5 Å². The zero-order chi connectivity index (χ0) is 20.4. The first kappa shape index (κ1) is 18.8. The molecule has 0 saturated carbocycles. The molecular formula is C25H23NO3. The van der Waals surface area contributed by atoms with Crippen LogP contribution in [0.15, 0.2) is 84.6 Å². The van der Waals surface area contributed by atoms with Crippen LogP contribution in [0, 0.1) is 0 Å². The molecule has 1 aliphatic carbocycles. The Balaban J connectivity index is 1.80. The SMILES string of the molecule is COc1ccc(Oc2cccc3c2C(=O)/C(=C\N(C)C)[C@@H]3c2ccccc2)cc1. The highest BCUT2D eigenvalue weighted by Crippen LogP contribution is 2.46. The predicted octanol–water partition coefficient (Wildman–Crippen LogP) is 5.26. The molecule has 0 heterocycles. The number of carbonyl (C=O) groups is 1. The van der Waals surface area contributed by atoms with Crippen LogP contribution < -0.4 is 9.47 Å². The summed E-state index contributed by atoms with van der Waals surface area (Å²) in [5.41, 5.74) is 3.45. The number of hydrogen-bond acceptors (Lipinski definition) is 4. The summed E-state index contributed by atoms with van der Waals surface area (Å²) in [5, 5.41) is 0. The molecule has 0 radical (unpaired) electrons. The third-order valence-corrected chi connectivity index (χ3v) is 4.99. The molecule has 0 aromatic heterocycles. The van der Waals surface area contributed by atoms with E-state index in [0.717, 1.165) is 22.4 Å². The molecule has 4 nitrogen and oxygen atoms in total. The van der Waals surface area contributed by atoms with Crippen molar-refractivity contribution in [3.8, 4) is 17.2 Å². The minimum atomic E-state index is -0.111. The summed E-state index contributed by atoms with van der Waals surface area (Å²) in [6.45, 7) is 0. The molecule has 146 valence electrons. The highest BCUT2D eigenvalue weighted by Gasteiger charge is 2.38. The van der Waals surface area contributed by atoms with Gasteiger partial charge >= 0.3 is 0 Å². The van der Waals surface area contributed by atoms with Crippen molar-refractivity contribution >= 4 is 5.78 Å². The van der Waals surface area contributed by atoms with Gasteiger partial charge < -0.3 is 14.4 Å². The van der Waals surface area contributed by atoms with Crippen LogP contribution in [-0.4, -0.2) is 31.9 Å². The molecule has 4 heteroatoms. The van der Waals surface area contributed by atoms with Gasteiger partial charge in [0.25, 0.3) is 0 Å². The largest absolute Gasteiger partial charge is 0.497 e. The number of ether oxygens (including phenoxy) is 2. The molecule has 1 atom stereocenters. The minimum Gasteiger partial charge on any atom is -0.497 e. The topological polar surface area (TPSA) is 38.8 Å². The van der Waals surface area contributed by atoms with Gasteiger partial charge in [-0.2, -0.15) is 0 Å². The Morgan fingerprint density at radius 1 is 0.862 bits per heavy atom. The van der Waals surface area contributed by atoms with Gasteiger partial charge in [0.05, 0.1) is 12.7 Å².